The van der Waals surface area contributed by atoms with Gasteiger partial charge in [-0.25, -0.2) is 9.37 Å². The number of hydrogen-bond acceptors (Lipinski definition) is 4. The quantitative estimate of drug-likeness (QED) is 0.421. The van der Waals surface area contributed by atoms with Gasteiger partial charge in [-0.05, 0) is 49.7 Å². The molecule has 0 unspecified atom stereocenters. The molecule has 2 atom stereocenters. The summed E-state index contributed by atoms with van der Waals surface area (Å²) in [6.07, 6.45) is -0.556. The van der Waals surface area contributed by atoms with Crippen molar-refractivity contribution in [1.29, 1.82) is 0 Å². The highest BCUT2D eigenvalue weighted by atomic mass is 19.1. The molecule has 0 bridgehead atoms. The molecular weight excluding hydrogens is 445 g/mol. The molecule has 0 spiro atoms. The molecule has 180 valence electrons. The highest BCUT2D eigenvalue weighted by molar-refractivity contribution is 5.96. The predicted molar refractivity (Wildman–Crippen MR) is 133 cm³/mol. The Kier molecular flexibility index (Phi) is 6.26. The number of carbonyl (C=O) groups excluding carboxylic acids is 1. The molecule has 0 saturated carbocycles. The van der Waals surface area contributed by atoms with E-state index in [1.165, 1.54) is 11.0 Å². The van der Waals surface area contributed by atoms with E-state index < -0.39 is 11.9 Å². The van der Waals surface area contributed by atoms with Gasteiger partial charge in [-0.2, -0.15) is 0 Å². The van der Waals surface area contributed by atoms with Crippen LogP contribution in [0.2, 0.25) is 0 Å². The van der Waals surface area contributed by atoms with Crippen molar-refractivity contribution < 1.29 is 19.0 Å². The van der Waals surface area contributed by atoms with E-state index in [0.717, 1.165) is 27.9 Å². The lowest BCUT2D eigenvalue weighted by Crippen LogP contribution is -2.27. The Morgan fingerprint density at radius 2 is 1.89 bits per heavy atom. The van der Waals surface area contributed by atoms with E-state index in [4.69, 9.17) is 9.72 Å². The lowest BCUT2D eigenvalue weighted by Gasteiger charge is -2.19. The number of nitrogens with zero attached hydrogens (tertiary/aromatic N) is 3. The summed E-state index contributed by atoms with van der Waals surface area (Å²) >= 11 is 0. The first-order chi connectivity index (χ1) is 16.9. The maximum atomic E-state index is 14.4. The minimum absolute atomic E-state index is 0.126. The average Bonchev–Trinajstić information content (AvgIpc) is 3.39. The van der Waals surface area contributed by atoms with Crippen LogP contribution in [0.15, 0.2) is 66.7 Å². The second-order valence-electron chi connectivity index (χ2n) is 9.16. The molecule has 1 aliphatic rings. The molecule has 3 aromatic carbocycles. The average molecular weight is 474 g/mol. The molecule has 35 heavy (non-hydrogen) atoms. The van der Waals surface area contributed by atoms with E-state index in [1.807, 2.05) is 60.9 Å². The van der Waals surface area contributed by atoms with Crippen LogP contribution in [0, 0.1) is 19.7 Å². The highest BCUT2D eigenvalue weighted by Crippen LogP contribution is 2.34. The van der Waals surface area contributed by atoms with Gasteiger partial charge >= 0.3 is 0 Å². The zero-order chi connectivity index (χ0) is 24.5. The van der Waals surface area contributed by atoms with Crippen LogP contribution in [0.5, 0.6) is 5.75 Å². The topological polar surface area (TPSA) is 67.6 Å². The first-order valence-electron chi connectivity index (χ1n) is 11.8. The summed E-state index contributed by atoms with van der Waals surface area (Å²) in [6, 6.07) is 20.0. The summed E-state index contributed by atoms with van der Waals surface area (Å²) in [5, 5.41) is 10.9. The number of ether oxygens (including phenoxy) is 1. The molecule has 5 rings (SSSR count). The fourth-order valence-electron chi connectivity index (χ4n) is 4.79. The van der Waals surface area contributed by atoms with Crippen molar-refractivity contribution in [2.24, 2.45) is 0 Å². The van der Waals surface area contributed by atoms with E-state index in [1.54, 1.807) is 18.2 Å². The number of aliphatic hydroxyl groups is 1. The Labute approximate surface area is 203 Å². The van der Waals surface area contributed by atoms with Gasteiger partial charge in [0.1, 0.15) is 30.1 Å². The molecule has 6 nitrogen and oxygen atoms in total. The van der Waals surface area contributed by atoms with Crippen LogP contribution in [0.25, 0.3) is 11.0 Å². The van der Waals surface area contributed by atoms with Crippen LogP contribution in [0.3, 0.4) is 0 Å². The molecule has 1 saturated heterocycles. The van der Waals surface area contributed by atoms with Crippen LogP contribution in [0.1, 0.15) is 29.3 Å². The molecule has 1 aliphatic heterocycles. The lowest BCUT2D eigenvalue weighted by atomic mass is 10.1. The Hall–Kier alpha value is -3.71. The van der Waals surface area contributed by atoms with Gasteiger partial charge in [0.25, 0.3) is 0 Å². The summed E-state index contributed by atoms with van der Waals surface area (Å²) in [6.45, 7) is 4.73. The van der Waals surface area contributed by atoms with Crippen molar-refractivity contribution in [2.75, 3.05) is 18.1 Å². The Bertz CT molecular complexity index is 1380. The monoisotopic (exact) mass is 473 g/mol. The van der Waals surface area contributed by atoms with Gasteiger partial charge in [0.2, 0.25) is 5.91 Å². The SMILES string of the molecule is Cc1ccc(OC[C@H](O)Cn2c([C@H]3CC(=O)N(c4ccccc4F)C3)nc3ccccc32)c(C)c1. The van der Waals surface area contributed by atoms with Gasteiger partial charge in [-0.15, -0.1) is 0 Å². The van der Waals surface area contributed by atoms with Gasteiger partial charge in [0.05, 0.1) is 23.3 Å². The molecule has 7 heteroatoms. The van der Waals surface area contributed by atoms with Crippen molar-refractivity contribution in [3.63, 3.8) is 0 Å². The molecule has 1 fully saturated rings. The van der Waals surface area contributed by atoms with E-state index in [0.29, 0.717) is 12.4 Å². The molecular formula is C28H28FN3O3. The zero-order valence-electron chi connectivity index (χ0n) is 19.8. The number of hydrogen-bond donors (Lipinski definition) is 1. The van der Waals surface area contributed by atoms with E-state index >= 15 is 0 Å². The number of carbonyl (C=O) groups is 1. The number of para-hydroxylation sites is 3. The number of benzene rings is 3. The molecule has 4 aromatic rings. The summed E-state index contributed by atoms with van der Waals surface area (Å²) < 4.78 is 22.2. The second-order valence-corrected chi connectivity index (χ2v) is 9.16. The number of anilines is 1. The molecule has 0 aliphatic carbocycles. The normalized spacial score (nSPS) is 16.7. The van der Waals surface area contributed by atoms with Crippen molar-refractivity contribution in [1.82, 2.24) is 9.55 Å². The molecule has 0 radical (unpaired) electrons. The molecule has 1 N–H and O–H groups in total. The van der Waals surface area contributed by atoms with Crippen LogP contribution in [0.4, 0.5) is 10.1 Å². The third-order valence-electron chi connectivity index (χ3n) is 6.47. The zero-order valence-corrected chi connectivity index (χ0v) is 19.8. The third kappa shape index (κ3) is 4.64. The van der Waals surface area contributed by atoms with Crippen molar-refractivity contribution in [2.45, 2.75) is 38.8 Å². The van der Waals surface area contributed by atoms with Crippen molar-refractivity contribution >= 4 is 22.6 Å². The number of rotatable bonds is 7. The maximum Gasteiger partial charge on any atom is 0.227 e. The fraction of sp³-hybridized carbons (Fsp3) is 0.286. The van der Waals surface area contributed by atoms with E-state index in [2.05, 4.69) is 0 Å². The molecule has 2 heterocycles. The van der Waals surface area contributed by atoms with Gasteiger partial charge in [-0.1, -0.05) is 42.0 Å². The van der Waals surface area contributed by atoms with E-state index in [9.17, 15) is 14.3 Å². The van der Waals surface area contributed by atoms with Gasteiger partial charge < -0.3 is 19.3 Å². The number of aliphatic hydroxyl groups excluding tert-OH is 1. The third-order valence-corrected chi connectivity index (χ3v) is 6.47. The first kappa shape index (κ1) is 23.1. The summed E-state index contributed by atoms with van der Waals surface area (Å²) in [5.41, 5.74) is 4.13. The van der Waals surface area contributed by atoms with Gasteiger partial charge in [0, 0.05) is 18.9 Å². The fourth-order valence-corrected chi connectivity index (χ4v) is 4.79. The molecule has 1 amide bonds. The van der Waals surface area contributed by atoms with E-state index in [-0.39, 0.29) is 37.1 Å². The van der Waals surface area contributed by atoms with Crippen molar-refractivity contribution in [3.8, 4) is 5.75 Å². The number of halogens is 1. The number of aryl methyl sites for hydroxylation is 2. The minimum Gasteiger partial charge on any atom is -0.491 e. The number of aromatic nitrogens is 2. The highest BCUT2D eigenvalue weighted by Gasteiger charge is 2.36. The molecule has 1 aromatic heterocycles. The first-order valence-corrected chi connectivity index (χ1v) is 11.8. The predicted octanol–water partition coefficient (Wildman–Crippen LogP) is 4.75. The van der Waals surface area contributed by atoms with Gasteiger partial charge in [-0.3, -0.25) is 4.79 Å². The van der Waals surface area contributed by atoms with Crippen LogP contribution < -0.4 is 9.64 Å². The largest absolute Gasteiger partial charge is 0.491 e. The summed E-state index contributed by atoms with van der Waals surface area (Å²) in [5.74, 6) is 0.671. The van der Waals surface area contributed by atoms with Gasteiger partial charge in [0.15, 0.2) is 0 Å². The smallest absolute Gasteiger partial charge is 0.227 e. The minimum atomic E-state index is -0.785. The summed E-state index contributed by atoms with van der Waals surface area (Å²) in [4.78, 5) is 19.1. The second kappa shape index (κ2) is 9.50. The van der Waals surface area contributed by atoms with Crippen LogP contribution in [-0.2, 0) is 11.3 Å². The van der Waals surface area contributed by atoms with Crippen molar-refractivity contribution in [3.05, 3.63) is 89.5 Å². The van der Waals surface area contributed by atoms with Crippen LogP contribution in [-0.4, -0.2) is 39.8 Å². The Morgan fingerprint density at radius 1 is 1.11 bits per heavy atom. The number of fused-ring (bicyclic) bond motifs is 1. The number of imidazole rings is 1. The summed E-state index contributed by atoms with van der Waals surface area (Å²) in [7, 11) is 0. The maximum absolute atomic E-state index is 14.4. The lowest BCUT2D eigenvalue weighted by molar-refractivity contribution is -0.117. The van der Waals surface area contributed by atoms with Crippen LogP contribution >= 0.6 is 0 Å². The Balaban J connectivity index is 1.39. The standard InChI is InChI=1S/C28H28FN3O3/c1-18-11-12-26(19(2)13-18)35-17-21(33)16-32-25-10-6-4-8-23(25)30-28(32)20-14-27(34)31(15-20)24-9-5-3-7-22(24)29/h3-13,20-21,33H,14-17H2,1-2H3/t20-,21+/m0/s1. The number of amides is 1. The Morgan fingerprint density at radius 3 is 2.69 bits per heavy atom.